The number of carbonyl (C=O) groups is 1. The van der Waals surface area contributed by atoms with Crippen LogP contribution in [-0.2, 0) is 0 Å². The number of carbonyl (C=O) groups excluding carboxylic acids is 1. The minimum atomic E-state index is 0.164. The molecule has 1 aliphatic carbocycles. The fourth-order valence-corrected chi connectivity index (χ4v) is 5.57. The molecule has 1 amide bonds. The summed E-state index contributed by atoms with van der Waals surface area (Å²) in [4.78, 5) is 23.3. The van der Waals surface area contributed by atoms with E-state index in [0.717, 1.165) is 59.7 Å². The minimum absolute atomic E-state index is 0.164. The molecule has 2 aromatic rings. The van der Waals surface area contributed by atoms with Crippen LogP contribution in [0.4, 0.5) is 0 Å². The summed E-state index contributed by atoms with van der Waals surface area (Å²) in [6.07, 6.45) is 8.07. The number of hydrogen-bond donors (Lipinski definition) is 0. The number of nitrogens with zero attached hydrogens (tertiary/aromatic N) is 3. The summed E-state index contributed by atoms with van der Waals surface area (Å²) in [5.41, 5.74) is 1.95. The maximum Gasteiger partial charge on any atom is 0.265 e. The lowest BCUT2D eigenvalue weighted by Crippen LogP contribution is -2.36. The van der Waals surface area contributed by atoms with Crippen LogP contribution in [0, 0.1) is 12.8 Å². The van der Waals surface area contributed by atoms with Crippen LogP contribution in [0.1, 0.15) is 53.9 Å². The molecule has 0 unspecified atom stereocenters. The summed E-state index contributed by atoms with van der Waals surface area (Å²) in [6, 6.07) is 10.2. The van der Waals surface area contributed by atoms with E-state index in [-0.39, 0.29) is 5.91 Å². The van der Waals surface area contributed by atoms with E-state index in [1.165, 1.54) is 50.0 Å². The van der Waals surface area contributed by atoms with E-state index in [0.29, 0.717) is 0 Å². The first-order chi connectivity index (χ1) is 13.7. The molecule has 4 nitrogen and oxygen atoms in total. The molecule has 0 atom stereocenters. The Morgan fingerprint density at radius 1 is 1.04 bits per heavy atom. The second kappa shape index (κ2) is 9.19. The third kappa shape index (κ3) is 4.64. The highest BCUT2D eigenvalue weighted by Crippen LogP contribution is 2.29. The zero-order valence-electron chi connectivity index (χ0n) is 16.9. The van der Waals surface area contributed by atoms with Crippen LogP contribution < -0.4 is 0 Å². The highest BCUT2D eigenvalue weighted by molar-refractivity contribution is 7.17. The maximum atomic E-state index is 13.2. The first kappa shape index (κ1) is 19.6. The molecular weight excluding hydrogens is 366 g/mol. The van der Waals surface area contributed by atoms with E-state index in [1.54, 1.807) is 0 Å². The number of thiazole rings is 1. The molecule has 1 saturated heterocycles. The second-order valence-electron chi connectivity index (χ2n) is 8.25. The van der Waals surface area contributed by atoms with Crippen LogP contribution in [0.3, 0.4) is 0 Å². The topological polar surface area (TPSA) is 36.4 Å². The van der Waals surface area contributed by atoms with E-state index >= 15 is 0 Å². The molecule has 0 radical (unpaired) electrons. The third-order valence-corrected chi connectivity index (χ3v) is 7.32. The van der Waals surface area contributed by atoms with Gasteiger partial charge in [-0.25, -0.2) is 4.98 Å². The van der Waals surface area contributed by atoms with Gasteiger partial charge in [-0.15, -0.1) is 11.3 Å². The highest BCUT2D eigenvalue weighted by Gasteiger charge is 2.25. The van der Waals surface area contributed by atoms with Gasteiger partial charge < -0.3 is 9.80 Å². The quantitative estimate of drug-likeness (QED) is 0.740. The van der Waals surface area contributed by atoms with Gasteiger partial charge in [0.25, 0.3) is 5.91 Å². The van der Waals surface area contributed by atoms with Crippen LogP contribution in [-0.4, -0.2) is 53.4 Å². The summed E-state index contributed by atoms with van der Waals surface area (Å²) in [5, 5.41) is 0.940. The fourth-order valence-electron chi connectivity index (χ4n) is 4.53. The number of hydrogen-bond acceptors (Lipinski definition) is 4. The first-order valence-corrected chi connectivity index (χ1v) is 11.6. The smallest absolute Gasteiger partial charge is 0.265 e. The molecular formula is C23H31N3OS. The lowest BCUT2D eigenvalue weighted by molar-refractivity contribution is 0.0764. The van der Waals surface area contributed by atoms with Crippen molar-refractivity contribution >= 4 is 17.2 Å². The van der Waals surface area contributed by atoms with Gasteiger partial charge >= 0.3 is 0 Å². The molecule has 0 bridgehead atoms. The summed E-state index contributed by atoms with van der Waals surface area (Å²) in [5.74, 6) is 1.03. The highest BCUT2D eigenvalue weighted by atomic mass is 32.1. The summed E-state index contributed by atoms with van der Waals surface area (Å²) in [7, 11) is 0. The molecule has 0 N–H and O–H groups in total. The summed E-state index contributed by atoms with van der Waals surface area (Å²) >= 11 is 1.53. The lowest BCUT2D eigenvalue weighted by atomic mass is 9.89. The number of aryl methyl sites for hydroxylation is 1. The van der Waals surface area contributed by atoms with Crippen LogP contribution in [0.5, 0.6) is 0 Å². The number of rotatable bonds is 4. The SMILES string of the molecule is Cc1nc(-c2ccccc2)sc1C(=O)N1CCCN(CC2CCCCC2)CC1. The molecule has 1 saturated carbocycles. The normalized spacial score (nSPS) is 19.5. The Bertz CT molecular complexity index is 782. The van der Waals surface area contributed by atoms with Crippen LogP contribution in [0.2, 0.25) is 0 Å². The lowest BCUT2D eigenvalue weighted by Gasteiger charge is -2.28. The van der Waals surface area contributed by atoms with Gasteiger partial charge in [-0.2, -0.15) is 0 Å². The van der Waals surface area contributed by atoms with Crippen molar-refractivity contribution in [2.24, 2.45) is 5.92 Å². The average Bonchev–Trinajstić information content (AvgIpc) is 2.97. The summed E-state index contributed by atoms with van der Waals surface area (Å²) in [6.45, 7) is 7.01. The largest absolute Gasteiger partial charge is 0.337 e. The number of aromatic nitrogens is 1. The molecule has 1 aromatic heterocycles. The van der Waals surface area contributed by atoms with Crippen molar-refractivity contribution in [3.05, 3.63) is 40.9 Å². The molecule has 5 heteroatoms. The van der Waals surface area contributed by atoms with Gasteiger partial charge in [-0.1, -0.05) is 49.6 Å². The molecule has 1 aromatic carbocycles. The molecule has 2 heterocycles. The molecule has 2 aliphatic rings. The van der Waals surface area contributed by atoms with Crippen molar-refractivity contribution in [1.82, 2.24) is 14.8 Å². The van der Waals surface area contributed by atoms with Crippen molar-refractivity contribution < 1.29 is 4.79 Å². The molecule has 28 heavy (non-hydrogen) atoms. The predicted molar refractivity (Wildman–Crippen MR) is 116 cm³/mol. The van der Waals surface area contributed by atoms with Crippen molar-refractivity contribution in [2.45, 2.75) is 45.4 Å². The van der Waals surface area contributed by atoms with E-state index in [9.17, 15) is 4.79 Å². The van der Waals surface area contributed by atoms with Gasteiger partial charge in [-0.3, -0.25) is 4.79 Å². The zero-order valence-corrected chi connectivity index (χ0v) is 17.7. The Hall–Kier alpha value is -1.72. The number of benzene rings is 1. The van der Waals surface area contributed by atoms with Gasteiger partial charge in [-0.05, 0) is 38.6 Å². The summed E-state index contributed by atoms with van der Waals surface area (Å²) < 4.78 is 0. The van der Waals surface area contributed by atoms with Gasteiger partial charge in [0.2, 0.25) is 0 Å². The molecule has 0 spiro atoms. The van der Waals surface area contributed by atoms with Crippen LogP contribution in [0.15, 0.2) is 30.3 Å². The Morgan fingerprint density at radius 3 is 2.61 bits per heavy atom. The third-order valence-electron chi connectivity index (χ3n) is 6.13. The maximum absolute atomic E-state index is 13.2. The van der Waals surface area contributed by atoms with Crippen molar-refractivity contribution in [3.8, 4) is 10.6 Å². The van der Waals surface area contributed by atoms with E-state index < -0.39 is 0 Å². The van der Waals surface area contributed by atoms with Crippen molar-refractivity contribution in [1.29, 1.82) is 0 Å². The average molecular weight is 398 g/mol. The minimum Gasteiger partial charge on any atom is -0.337 e. The van der Waals surface area contributed by atoms with Crippen molar-refractivity contribution in [3.63, 3.8) is 0 Å². The Labute approximate surface area is 172 Å². The fraction of sp³-hybridized carbons (Fsp3) is 0.565. The van der Waals surface area contributed by atoms with Crippen molar-refractivity contribution in [2.75, 3.05) is 32.7 Å². The van der Waals surface area contributed by atoms with Gasteiger partial charge in [0.05, 0.1) is 5.69 Å². The van der Waals surface area contributed by atoms with Gasteiger partial charge in [0.15, 0.2) is 0 Å². The van der Waals surface area contributed by atoms with Gasteiger partial charge in [0.1, 0.15) is 9.88 Å². The predicted octanol–water partition coefficient (Wildman–Crippen LogP) is 4.85. The van der Waals surface area contributed by atoms with E-state index in [1.807, 2.05) is 25.1 Å². The first-order valence-electron chi connectivity index (χ1n) is 10.7. The van der Waals surface area contributed by atoms with Gasteiger partial charge in [0, 0.05) is 31.7 Å². The molecule has 1 aliphatic heterocycles. The molecule has 2 fully saturated rings. The van der Waals surface area contributed by atoms with E-state index in [4.69, 9.17) is 0 Å². The second-order valence-corrected chi connectivity index (χ2v) is 9.25. The Kier molecular flexibility index (Phi) is 6.43. The van der Waals surface area contributed by atoms with Crippen LogP contribution in [0.25, 0.3) is 10.6 Å². The zero-order chi connectivity index (χ0) is 19.3. The standard InChI is InChI=1S/C23H31N3OS/c1-18-21(28-22(24-18)20-11-6-3-7-12-20)23(27)26-14-8-13-25(15-16-26)17-19-9-4-2-5-10-19/h3,6-7,11-12,19H,2,4-5,8-10,13-17H2,1H3. The molecule has 150 valence electrons. The Balaban J connectivity index is 1.39. The van der Waals surface area contributed by atoms with E-state index in [2.05, 4.69) is 26.9 Å². The molecule has 4 rings (SSSR count). The van der Waals surface area contributed by atoms with Crippen LogP contribution >= 0.6 is 11.3 Å². The monoisotopic (exact) mass is 397 g/mol. The number of amides is 1. The Morgan fingerprint density at radius 2 is 1.82 bits per heavy atom.